The predicted octanol–water partition coefficient (Wildman–Crippen LogP) is 2.55. The van der Waals surface area contributed by atoms with Crippen LogP contribution >= 0.6 is 0 Å². The molecule has 1 aromatic rings. The number of amides is 1. The summed E-state index contributed by atoms with van der Waals surface area (Å²) in [5.74, 6) is -2.48. The lowest BCUT2D eigenvalue weighted by molar-refractivity contribution is -0.158. The topological polar surface area (TPSA) is 84.9 Å². The SMILES string of the molecule is CS(=O)NC[C@H]1CN(c2cc(F)c(C3(C(=O)OC(C)(C)C)CC3)c(F)c2)C(=O)O1. The number of rotatable bonds is 6. The van der Waals surface area contributed by atoms with Gasteiger partial charge in [-0.3, -0.25) is 9.69 Å². The van der Waals surface area contributed by atoms with Crippen molar-refractivity contribution in [2.45, 2.75) is 50.7 Å². The molecule has 160 valence electrons. The number of nitrogens with zero attached hydrogens (tertiary/aromatic N) is 1. The quantitative estimate of drug-likeness (QED) is 0.701. The fraction of sp³-hybridized carbons (Fsp3) is 0.579. The average molecular weight is 430 g/mol. The van der Waals surface area contributed by atoms with E-state index in [9.17, 15) is 22.6 Å². The molecule has 1 amide bonds. The molecule has 1 aliphatic carbocycles. The summed E-state index contributed by atoms with van der Waals surface area (Å²) in [6, 6.07) is 2.05. The molecule has 1 aliphatic heterocycles. The van der Waals surface area contributed by atoms with Gasteiger partial charge in [0, 0.05) is 18.4 Å². The third kappa shape index (κ3) is 4.58. The molecule has 2 aliphatic rings. The molecular formula is C19H24F2N2O5S. The smallest absolute Gasteiger partial charge is 0.414 e. The number of esters is 1. The second-order valence-electron chi connectivity index (χ2n) is 8.29. The van der Waals surface area contributed by atoms with Crippen LogP contribution in [0.3, 0.4) is 0 Å². The Balaban J connectivity index is 1.83. The maximum atomic E-state index is 14.9. The zero-order chi connectivity index (χ0) is 21.6. The summed E-state index contributed by atoms with van der Waals surface area (Å²) >= 11 is 0. The molecule has 0 spiro atoms. The normalized spacial score (nSPS) is 21.7. The zero-order valence-corrected chi connectivity index (χ0v) is 17.5. The number of halogens is 2. The Kier molecular flexibility index (Phi) is 5.70. The lowest BCUT2D eigenvalue weighted by Gasteiger charge is -2.25. The number of anilines is 1. The molecule has 1 saturated heterocycles. The van der Waals surface area contributed by atoms with Crippen molar-refractivity contribution in [1.82, 2.24) is 4.72 Å². The van der Waals surface area contributed by atoms with E-state index in [4.69, 9.17) is 9.47 Å². The molecule has 3 rings (SSSR count). The van der Waals surface area contributed by atoms with E-state index in [0.29, 0.717) is 12.8 Å². The van der Waals surface area contributed by atoms with Gasteiger partial charge in [0.15, 0.2) is 0 Å². The van der Waals surface area contributed by atoms with Crippen molar-refractivity contribution in [1.29, 1.82) is 0 Å². The van der Waals surface area contributed by atoms with Gasteiger partial charge in [0.25, 0.3) is 0 Å². The number of ether oxygens (including phenoxy) is 2. The van der Waals surface area contributed by atoms with Crippen LogP contribution in [0, 0.1) is 11.6 Å². The number of nitrogens with one attached hydrogen (secondary N) is 1. The summed E-state index contributed by atoms with van der Waals surface area (Å²) in [4.78, 5) is 25.7. The molecule has 1 heterocycles. The molecule has 10 heteroatoms. The Labute approximate surface area is 170 Å². The summed E-state index contributed by atoms with van der Waals surface area (Å²) in [6.07, 6.45) is 0.675. The van der Waals surface area contributed by atoms with Crippen LogP contribution in [0.2, 0.25) is 0 Å². The van der Waals surface area contributed by atoms with E-state index in [1.165, 1.54) is 6.26 Å². The number of carbonyl (C=O) groups is 2. The molecule has 0 bridgehead atoms. The first kappa shape index (κ1) is 21.6. The molecule has 2 atom stereocenters. The Morgan fingerprint density at radius 2 is 1.93 bits per heavy atom. The van der Waals surface area contributed by atoms with E-state index in [1.54, 1.807) is 20.8 Å². The molecule has 7 nitrogen and oxygen atoms in total. The molecule has 2 fully saturated rings. The first-order chi connectivity index (χ1) is 13.4. The van der Waals surface area contributed by atoms with Crippen LogP contribution in [0.4, 0.5) is 19.3 Å². The van der Waals surface area contributed by atoms with Crippen LogP contribution in [0.1, 0.15) is 39.2 Å². The standard InChI is InChI=1S/C19H24F2N2O5S/c1-18(2,3)28-16(24)19(5-6-19)15-13(20)7-11(8-14(15)21)23-10-12(27-17(23)25)9-22-29(4)26/h7-8,12,22H,5-6,9-10H2,1-4H3/t12-,29?/m0/s1. The first-order valence-electron chi connectivity index (χ1n) is 9.21. The number of hydrogen-bond acceptors (Lipinski definition) is 5. The zero-order valence-electron chi connectivity index (χ0n) is 16.7. The third-order valence-corrected chi connectivity index (χ3v) is 5.32. The average Bonchev–Trinajstić information content (AvgIpc) is 3.28. The van der Waals surface area contributed by atoms with Gasteiger partial charge in [-0.1, -0.05) is 0 Å². The van der Waals surface area contributed by atoms with Crippen LogP contribution in [0.25, 0.3) is 0 Å². The van der Waals surface area contributed by atoms with Gasteiger partial charge in [-0.05, 0) is 45.7 Å². The van der Waals surface area contributed by atoms with Crippen LogP contribution in [-0.4, -0.2) is 47.3 Å². The van der Waals surface area contributed by atoms with E-state index in [1.807, 2.05) is 0 Å². The van der Waals surface area contributed by atoms with E-state index in [-0.39, 0.29) is 24.3 Å². The lowest BCUT2D eigenvalue weighted by Crippen LogP contribution is -2.33. The summed E-state index contributed by atoms with van der Waals surface area (Å²) in [7, 11) is -1.28. The molecule has 0 aromatic heterocycles. The van der Waals surface area contributed by atoms with Gasteiger partial charge >= 0.3 is 12.1 Å². The fourth-order valence-corrected chi connectivity index (χ4v) is 3.70. The number of benzene rings is 1. The summed E-state index contributed by atoms with van der Waals surface area (Å²) in [5.41, 5.74) is -2.44. The van der Waals surface area contributed by atoms with Gasteiger partial charge in [0.05, 0.1) is 28.6 Å². The van der Waals surface area contributed by atoms with Crippen molar-refractivity contribution in [3.8, 4) is 0 Å². The summed E-state index contributed by atoms with van der Waals surface area (Å²) in [6.45, 7) is 5.27. The monoisotopic (exact) mass is 430 g/mol. The summed E-state index contributed by atoms with van der Waals surface area (Å²) in [5, 5.41) is 0. The van der Waals surface area contributed by atoms with Gasteiger partial charge in [-0.2, -0.15) is 0 Å². The van der Waals surface area contributed by atoms with Gasteiger partial charge in [-0.25, -0.2) is 22.5 Å². The highest BCUT2D eigenvalue weighted by Gasteiger charge is 2.56. The van der Waals surface area contributed by atoms with Crippen LogP contribution in [-0.2, 0) is 30.7 Å². The number of carbonyl (C=O) groups excluding carboxylic acids is 2. The van der Waals surface area contributed by atoms with Crippen molar-refractivity contribution in [2.75, 3.05) is 24.2 Å². The number of hydrogen-bond donors (Lipinski definition) is 1. The van der Waals surface area contributed by atoms with Gasteiger partial charge in [0.1, 0.15) is 23.3 Å². The van der Waals surface area contributed by atoms with Crippen LogP contribution in [0.5, 0.6) is 0 Å². The van der Waals surface area contributed by atoms with Crippen molar-refractivity contribution in [3.63, 3.8) is 0 Å². The minimum Gasteiger partial charge on any atom is -0.459 e. The first-order valence-corrected chi connectivity index (χ1v) is 10.8. The van der Waals surface area contributed by atoms with Gasteiger partial charge in [0.2, 0.25) is 0 Å². The maximum absolute atomic E-state index is 14.9. The highest BCUT2D eigenvalue weighted by atomic mass is 32.2. The molecule has 1 unspecified atom stereocenters. The lowest BCUT2D eigenvalue weighted by atomic mass is 9.94. The Morgan fingerprint density at radius 1 is 1.34 bits per heavy atom. The van der Waals surface area contributed by atoms with E-state index >= 15 is 0 Å². The van der Waals surface area contributed by atoms with Crippen molar-refractivity contribution in [3.05, 3.63) is 29.3 Å². The summed E-state index contributed by atoms with van der Waals surface area (Å²) < 4.78 is 54.0. The maximum Gasteiger partial charge on any atom is 0.414 e. The number of cyclic esters (lactones) is 1. The molecule has 0 radical (unpaired) electrons. The Bertz CT molecular complexity index is 844. The van der Waals surface area contributed by atoms with Crippen LogP contribution in [0.15, 0.2) is 12.1 Å². The van der Waals surface area contributed by atoms with Gasteiger partial charge in [-0.15, -0.1) is 0 Å². The largest absolute Gasteiger partial charge is 0.459 e. The second-order valence-corrected chi connectivity index (χ2v) is 9.48. The van der Waals surface area contributed by atoms with Gasteiger partial charge < -0.3 is 9.47 Å². The molecule has 1 aromatic carbocycles. The minimum atomic E-state index is -1.33. The highest BCUT2D eigenvalue weighted by Crippen LogP contribution is 2.52. The minimum absolute atomic E-state index is 0.00569. The second kappa shape index (κ2) is 7.64. The Morgan fingerprint density at radius 3 is 2.41 bits per heavy atom. The fourth-order valence-electron chi connectivity index (χ4n) is 3.28. The van der Waals surface area contributed by atoms with Crippen molar-refractivity contribution >= 4 is 28.7 Å². The molecule has 29 heavy (non-hydrogen) atoms. The van der Waals surface area contributed by atoms with E-state index < -0.39 is 51.8 Å². The highest BCUT2D eigenvalue weighted by molar-refractivity contribution is 7.82. The van der Waals surface area contributed by atoms with Crippen LogP contribution < -0.4 is 9.62 Å². The van der Waals surface area contributed by atoms with E-state index in [2.05, 4.69) is 4.72 Å². The third-order valence-electron chi connectivity index (χ3n) is 4.75. The van der Waals surface area contributed by atoms with E-state index in [0.717, 1.165) is 17.0 Å². The Hall–Kier alpha value is -2.07. The van der Waals surface area contributed by atoms with Crippen molar-refractivity contribution < 1.29 is 32.1 Å². The molecule has 1 saturated carbocycles. The van der Waals surface area contributed by atoms with Crippen molar-refractivity contribution in [2.24, 2.45) is 0 Å². The molecular weight excluding hydrogens is 406 g/mol. The molecule has 1 N–H and O–H groups in total. The predicted molar refractivity (Wildman–Crippen MR) is 103 cm³/mol.